The van der Waals surface area contributed by atoms with E-state index >= 15 is 0 Å². The van der Waals surface area contributed by atoms with E-state index in [2.05, 4.69) is 35.9 Å². The lowest BCUT2D eigenvalue weighted by Crippen LogP contribution is -2.27. The van der Waals surface area contributed by atoms with Crippen molar-refractivity contribution in [2.45, 2.75) is 18.4 Å². The Bertz CT molecular complexity index is 757. The van der Waals surface area contributed by atoms with Crippen molar-refractivity contribution in [1.29, 1.82) is 0 Å². The number of thioether (sulfide) groups is 1. The Morgan fingerprint density at radius 1 is 1.04 bits per heavy atom. The molecule has 2 aromatic rings. The summed E-state index contributed by atoms with van der Waals surface area (Å²) in [6, 6.07) is 13.3. The van der Waals surface area contributed by atoms with Crippen LogP contribution in [0.3, 0.4) is 0 Å². The molecule has 24 heavy (non-hydrogen) atoms. The molecule has 0 atom stereocenters. The minimum absolute atomic E-state index is 0.214. The zero-order valence-corrected chi connectivity index (χ0v) is 16.4. The molecule has 0 amide bonds. The van der Waals surface area contributed by atoms with Crippen molar-refractivity contribution in [3.8, 4) is 0 Å². The summed E-state index contributed by atoms with van der Waals surface area (Å²) in [5, 5.41) is 0.725. The highest BCUT2D eigenvalue weighted by atomic mass is 35.5. The summed E-state index contributed by atoms with van der Waals surface area (Å²) >= 11 is 13.7. The summed E-state index contributed by atoms with van der Waals surface area (Å²) in [6.45, 7) is 2.43. The molecule has 0 heterocycles. The maximum absolute atomic E-state index is 12.1. The zero-order chi connectivity index (χ0) is 17.6. The van der Waals surface area contributed by atoms with Gasteiger partial charge in [-0.2, -0.15) is 11.8 Å². The average molecular weight is 404 g/mol. The lowest BCUT2D eigenvalue weighted by Gasteiger charge is -2.09. The van der Waals surface area contributed by atoms with Crippen molar-refractivity contribution >= 4 is 45.0 Å². The largest absolute Gasteiger partial charge is 0.215 e. The minimum atomic E-state index is -3.46. The van der Waals surface area contributed by atoms with Gasteiger partial charge in [-0.15, -0.1) is 0 Å². The fraction of sp³-hybridized carbons (Fsp3) is 0.294. The van der Waals surface area contributed by atoms with Crippen LogP contribution in [0.2, 0.25) is 10.0 Å². The van der Waals surface area contributed by atoms with Gasteiger partial charge in [0.25, 0.3) is 0 Å². The van der Waals surface area contributed by atoms with Crippen molar-refractivity contribution in [3.05, 3.63) is 69.2 Å². The predicted molar refractivity (Wildman–Crippen MR) is 104 cm³/mol. The van der Waals surface area contributed by atoms with E-state index in [4.69, 9.17) is 23.2 Å². The molecule has 1 N–H and O–H groups in total. The first kappa shape index (κ1) is 19.6. The van der Waals surface area contributed by atoms with Crippen LogP contribution in [0.25, 0.3) is 0 Å². The van der Waals surface area contributed by atoms with Gasteiger partial charge >= 0.3 is 0 Å². The van der Waals surface area contributed by atoms with Gasteiger partial charge in [-0.05, 0) is 24.6 Å². The SMILES string of the molecule is Cc1ccc(CSCCNS(=O)(=O)Cc2c(Cl)cccc2Cl)cc1. The summed E-state index contributed by atoms with van der Waals surface area (Å²) in [4.78, 5) is 0. The Morgan fingerprint density at radius 3 is 2.29 bits per heavy atom. The second-order valence-electron chi connectivity index (χ2n) is 5.39. The molecule has 0 saturated heterocycles. The van der Waals surface area contributed by atoms with E-state index in [1.54, 1.807) is 30.0 Å². The summed E-state index contributed by atoms with van der Waals surface area (Å²) in [5.74, 6) is 1.34. The van der Waals surface area contributed by atoms with Crippen molar-refractivity contribution in [2.24, 2.45) is 0 Å². The maximum atomic E-state index is 12.1. The Kier molecular flexibility index (Phi) is 7.44. The maximum Gasteiger partial charge on any atom is 0.215 e. The molecule has 0 fully saturated rings. The minimum Gasteiger partial charge on any atom is -0.214 e. The normalized spacial score (nSPS) is 11.6. The highest BCUT2D eigenvalue weighted by molar-refractivity contribution is 7.98. The van der Waals surface area contributed by atoms with Crippen LogP contribution >= 0.6 is 35.0 Å². The Labute approximate surface area is 157 Å². The van der Waals surface area contributed by atoms with Gasteiger partial charge in [0.15, 0.2) is 0 Å². The highest BCUT2D eigenvalue weighted by Gasteiger charge is 2.15. The van der Waals surface area contributed by atoms with Crippen molar-refractivity contribution in [3.63, 3.8) is 0 Å². The molecule has 3 nitrogen and oxygen atoms in total. The van der Waals surface area contributed by atoms with Gasteiger partial charge in [-0.1, -0.05) is 59.1 Å². The van der Waals surface area contributed by atoms with Crippen LogP contribution in [0.4, 0.5) is 0 Å². The number of nitrogens with one attached hydrogen (secondary N) is 1. The van der Waals surface area contributed by atoms with Gasteiger partial charge in [-0.25, -0.2) is 13.1 Å². The Balaban J connectivity index is 1.77. The topological polar surface area (TPSA) is 46.2 Å². The molecule has 7 heteroatoms. The third-order valence-corrected chi connectivity index (χ3v) is 6.40. The molecule has 0 unspecified atom stereocenters. The molecule has 0 saturated carbocycles. The van der Waals surface area contributed by atoms with E-state index in [0.717, 1.165) is 5.75 Å². The van der Waals surface area contributed by atoms with Gasteiger partial charge in [0.1, 0.15) is 0 Å². The molecule has 0 aromatic heterocycles. The van der Waals surface area contributed by atoms with E-state index in [-0.39, 0.29) is 5.75 Å². The lowest BCUT2D eigenvalue weighted by atomic mass is 10.2. The fourth-order valence-electron chi connectivity index (χ4n) is 2.05. The number of halogens is 2. The zero-order valence-electron chi connectivity index (χ0n) is 13.3. The van der Waals surface area contributed by atoms with E-state index < -0.39 is 10.0 Å². The third-order valence-electron chi connectivity index (χ3n) is 3.35. The monoisotopic (exact) mass is 403 g/mol. The smallest absolute Gasteiger partial charge is 0.214 e. The summed E-state index contributed by atoms with van der Waals surface area (Å²) in [5.41, 5.74) is 2.90. The molecule has 0 aliphatic heterocycles. The first-order chi connectivity index (χ1) is 11.4. The highest BCUT2D eigenvalue weighted by Crippen LogP contribution is 2.25. The molecule has 0 bridgehead atoms. The van der Waals surface area contributed by atoms with E-state index in [9.17, 15) is 8.42 Å². The molecular formula is C17H19Cl2NO2S2. The van der Waals surface area contributed by atoms with Crippen LogP contribution in [0.15, 0.2) is 42.5 Å². The van der Waals surface area contributed by atoms with Crippen LogP contribution in [0.5, 0.6) is 0 Å². The van der Waals surface area contributed by atoms with Gasteiger partial charge in [0, 0.05) is 33.7 Å². The molecular weight excluding hydrogens is 385 g/mol. The van der Waals surface area contributed by atoms with Crippen LogP contribution in [0.1, 0.15) is 16.7 Å². The number of hydrogen-bond donors (Lipinski definition) is 1. The standard InChI is InChI=1S/C17H19Cl2NO2S2/c1-13-5-7-14(8-6-13)11-23-10-9-20-24(21,22)12-15-16(18)3-2-4-17(15)19/h2-8,20H,9-12H2,1H3. The van der Waals surface area contributed by atoms with Crippen LogP contribution in [-0.4, -0.2) is 20.7 Å². The molecule has 130 valence electrons. The molecule has 2 aromatic carbocycles. The van der Waals surface area contributed by atoms with Gasteiger partial charge in [0.2, 0.25) is 10.0 Å². The van der Waals surface area contributed by atoms with Crippen molar-refractivity contribution in [2.75, 3.05) is 12.3 Å². The van der Waals surface area contributed by atoms with Crippen LogP contribution in [0, 0.1) is 6.92 Å². The van der Waals surface area contributed by atoms with Crippen molar-refractivity contribution in [1.82, 2.24) is 4.72 Å². The summed E-state index contributed by atoms with van der Waals surface area (Å²) in [6.07, 6.45) is 0. The molecule has 0 aliphatic rings. The molecule has 0 aliphatic carbocycles. The fourth-order valence-corrected chi connectivity index (χ4v) is 4.90. The number of rotatable bonds is 8. The van der Waals surface area contributed by atoms with E-state index in [0.29, 0.717) is 27.9 Å². The van der Waals surface area contributed by atoms with Gasteiger partial charge in [-0.3, -0.25) is 0 Å². The summed E-state index contributed by atoms with van der Waals surface area (Å²) in [7, 11) is -3.46. The number of benzene rings is 2. The molecule has 0 spiro atoms. The number of aryl methyl sites for hydroxylation is 1. The second kappa shape index (κ2) is 9.11. The molecule has 0 radical (unpaired) electrons. The van der Waals surface area contributed by atoms with Crippen LogP contribution in [-0.2, 0) is 21.5 Å². The number of hydrogen-bond acceptors (Lipinski definition) is 3. The summed E-state index contributed by atoms with van der Waals surface area (Å²) < 4.78 is 26.9. The molecule has 2 rings (SSSR count). The Morgan fingerprint density at radius 2 is 1.67 bits per heavy atom. The number of sulfonamides is 1. The van der Waals surface area contributed by atoms with Crippen molar-refractivity contribution < 1.29 is 8.42 Å². The third kappa shape index (κ3) is 6.30. The van der Waals surface area contributed by atoms with Crippen LogP contribution < -0.4 is 4.72 Å². The second-order valence-corrected chi connectivity index (χ2v) is 9.12. The first-order valence-corrected chi connectivity index (χ1v) is 11.0. The predicted octanol–water partition coefficient (Wildman–Crippen LogP) is 4.65. The average Bonchev–Trinajstić information content (AvgIpc) is 2.52. The van der Waals surface area contributed by atoms with Gasteiger partial charge < -0.3 is 0 Å². The van der Waals surface area contributed by atoms with E-state index in [1.807, 2.05) is 0 Å². The van der Waals surface area contributed by atoms with Gasteiger partial charge in [0.05, 0.1) is 5.75 Å². The lowest BCUT2D eigenvalue weighted by molar-refractivity contribution is 0.583. The quantitative estimate of drug-likeness (QED) is 0.652. The first-order valence-electron chi connectivity index (χ1n) is 7.41. The Hall–Kier alpha value is -0.720. The van der Waals surface area contributed by atoms with E-state index in [1.165, 1.54) is 11.1 Å².